The first kappa shape index (κ1) is 20.0. The quantitative estimate of drug-likeness (QED) is 0.554. The highest BCUT2D eigenvalue weighted by Gasteiger charge is 2.60. The van der Waals surface area contributed by atoms with Crippen LogP contribution in [0.1, 0.15) is 47.0 Å². The summed E-state index contributed by atoms with van der Waals surface area (Å²) < 4.78 is 17.1. The molecule has 0 aromatic heterocycles. The molecule has 0 aromatic rings. The minimum Gasteiger partial charge on any atom is -0.458 e. The molecule has 2 bridgehead atoms. The molecule has 0 radical (unpaired) electrons. The molecule has 0 saturated carbocycles. The molecule has 150 valence electrons. The molecule has 3 rings (SSSR count). The summed E-state index contributed by atoms with van der Waals surface area (Å²) in [7, 11) is 0. The van der Waals surface area contributed by atoms with E-state index in [1.54, 1.807) is 33.8 Å². The molecule has 2 N–H and O–H groups in total. The second-order valence-corrected chi connectivity index (χ2v) is 8.23. The summed E-state index contributed by atoms with van der Waals surface area (Å²) in [5.74, 6) is -3.51. The summed E-state index contributed by atoms with van der Waals surface area (Å²) in [5.41, 5.74) is -0.449. The molecule has 3 heterocycles. The second-order valence-electron chi connectivity index (χ2n) is 8.23. The van der Waals surface area contributed by atoms with Crippen LogP contribution in [0.2, 0.25) is 0 Å². The summed E-state index contributed by atoms with van der Waals surface area (Å²) in [6.45, 7) is 10.7. The van der Waals surface area contributed by atoms with Crippen molar-refractivity contribution in [3.63, 3.8) is 0 Å². The Labute approximate surface area is 159 Å². The summed E-state index contributed by atoms with van der Waals surface area (Å²) in [6.07, 6.45) is -0.166. The number of esters is 2. The number of allylic oxidation sites excluding steroid dienone is 1. The van der Waals surface area contributed by atoms with Crippen molar-refractivity contribution in [3.8, 4) is 0 Å². The van der Waals surface area contributed by atoms with Crippen molar-refractivity contribution in [3.05, 3.63) is 23.8 Å². The second kappa shape index (κ2) is 6.72. The van der Waals surface area contributed by atoms with Crippen LogP contribution in [-0.4, -0.2) is 51.9 Å². The minimum atomic E-state index is -1.53. The van der Waals surface area contributed by atoms with Gasteiger partial charge in [0.2, 0.25) is 0 Å². The van der Waals surface area contributed by atoms with E-state index in [4.69, 9.17) is 14.2 Å². The third-order valence-corrected chi connectivity index (χ3v) is 6.30. The van der Waals surface area contributed by atoms with E-state index in [0.29, 0.717) is 12.0 Å². The van der Waals surface area contributed by atoms with Crippen molar-refractivity contribution >= 4 is 11.9 Å². The zero-order chi connectivity index (χ0) is 20.1. The van der Waals surface area contributed by atoms with Crippen LogP contribution < -0.4 is 0 Å². The summed E-state index contributed by atoms with van der Waals surface area (Å²) >= 11 is 0. The molecule has 0 spiro atoms. The Kier molecular flexibility index (Phi) is 4.99. The van der Waals surface area contributed by atoms with Crippen LogP contribution >= 0.6 is 0 Å². The molecular weight excluding hydrogens is 352 g/mol. The molecule has 0 amide bonds. The van der Waals surface area contributed by atoms with E-state index in [2.05, 4.69) is 6.58 Å². The van der Waals surface area contributed by atoms with Crippen molar-refractivity contribution in [2.45, 2.75) is 76.7 Å². The maximum Gasteiger partial charge on any atom is 0.334 e. The van der Waals surface area contributed by atoms with Gasteiger partial charge in [0.05, 0.1) is 17.6 Å². The normalized spacial score (nSPS) is 44.8. The van der Waals surface area contributed by atoms with E-state index in [1.165, 1.54) is 0 Å². The largest absolute Gasteiger partial charge is 0.458 e. The van der Waals surface area contributed by atoms with Gasteiger partial charge in [-0.25, -0.2) is 9.59 Å². The summed E-state index contributed by atoms with van der Waals surface area (Å²) in [5, 5.41) is 21.5. The van der Waals surface area contributed by atoms with E-state index in [-0.39, 0.29) is 18.4 Å². The van der Waals surface area contributed by atoms with E-state index in [9.17, 15) is 19.8 Å². The van der Waals surface area contributed by atoms with Gasteiger partial charge in [-0.15, -0.1) is 0 Å². The average molecular weight is 380 g/mol. The third kappa shape index (κ3) is 3.32. The van der Waals surface area contributed by atoms with Crippen LogP contribution in [0, 0.1) is 11.8 Å². The molecule has 0 aliphatic carbocycles. The Morgan fingerprint density at radius 2 is 2.07 bits per heavy atom. The standard InChI is InChI=1S/C20H28O7/c1-6-10(2)17(22)26-14-8-19(5)15(21)9-20(24,27-19)11(3)7-13-16(14)12(4)18(23)25-13/h6,11,13-16,21,24H,4,7-9H2,1-3,5H3. The third-order valence-electron chi connectivity index (χ3n) is 6.30. The highest BCUT2D eigenvalue weighted by atomic mass is 16.7. The molecule has 3 aliphatic heterocycles. The molecular formula is C20H28O7. The van der Waals surface area contributed by atoms with Crippen LogP contribution in [0.15, 0.2) is 23.8 Å². The maximum atomic E-state index is 12.4. The van der Waals surface area contributed by atoms with Gasteiger partial charge in [0.15, 0.2) is 5.79 Å². The number of aliphatic hydroxyl groups excluding tert-OH is 1. The Morgan fingerprint density at radius 1 is 1.41 bits per heavy atom. The van der Waals surface area contributed by atoms with E-state index < -0.39 is 53.5 Å². The van der Waals surface area contributed by atoms with Gasteiger partial charge >= 0.3 is 11.9 Å². The molecule has 0 aromatic carbocycles. The zero-order valence-electron chi connectivity index (χ0n) is 16.2. The Morgan fingerprint density at radius 3 is 2.70 bits per heavy atom. The van der Waals surface area contributed by atoms with Crippen molar-refractivity contribution < 1.29 is 34.0 Å². The lowest BCUT2D eigenvalue weighted by Gasteiger charge is -2.34. The Bertz CT molecular complexity index is 698. The highest BCUT2D eigenvalue weighted by molar-refractivity contribution is 5.91. The Balaban J connectivity index is 2.01. The van der Waals surface area contributed by atoms with Gasteiger partial charge in [0.1, 0.15) is 12.2 Å². The lowest BCUT2D eigenvalue weighted by atomic mass is 9.78. The fourth-order valence-electron chi connectivity index (χ4n) is 4.31. The molecule has 3 fully saturated rings. The molecule has 3 aliphatic rings. The van der Waals surface area contributed by atoms with Crippen molar-refractivity contribution in [2.75, 3.05) is 0 Å². The fraction of sp³-hybridized carbons (Fsp3) is 0.700. The van der Waals surface area contributed by atoms with Gasteiger partial charge in [-0.3, -0.25) is 0 Å². The van der Waals surface area contributed by atoms with E-state index >= 15 is 0 Å². The van der Waals surface area contributed by atoms with Crippen molar-refractivity contribution in [1.82, 2.24) is 0 Å². The SMILES string of the molecule is C=C1C(=O)OC2CC(C)C3(O)CC(O)C(C)(CC(OC(=O)C(C)=CC)C12)O3. The number of carbonyl (C=O) groups is 2. The number of hydrogen-bond acceptors (Lipinski definition) is 7. The monoisotopic (exact) mass is 380 g/mol. The number of ether oxygens (including phenoxy) is 3. The van der Waals surface area contributed by atoms with Gasteiger partial charge in [-0.2, -0.15) is 0 Å². The smallest absolute Gasteiger partial charge is 0.334 e. The van der Waals surface area contributed by atoms with E-state index in [1.807, 2.05) is 0 Å². The lowest BCUT2D eigenvalue weighted by Crippen LogP contribution is -2.44. The number of rotatable bonds is 2. The van der Waals surface area contributed by atoms with Crippen molar-refractivity contribution in [1.29, 1.82) is 0 Å². The average Bonchev–Trinajstić information content (AvgIpc) is 2.99. The Hall–Kier alpha value is -1.70. The highest BCUT2D eigenvalue weighted by Crippen LogP contribution is 2.49. The topological polar surface area (TPSA) is 102 Å². The molecule has 7 unspecified atom stereocenters. The van der Waals surface area contributed by atoms with Crippen LogP contribution in [-0.2, 0) is 23.8 Å². The molecule has 7 nitrogen and oxygen atoms in total. The number of carbonyl (C=O) groups excluding carboxylic acids is 2. The summed E-state index contributed by atoms with van der Waals surface area (Å²) in [4.78, 5) is 24.6. The molecule has 7 heteroatoms. The molecule has 3 saturated heterocycles. The van der Waals surface area contributed by atoms with Gasteiger partial charge in [-0.05, 0) is 27.2 Å². The van der Waals surface area contributed by atoms with Gasteiger partial charge < -0.3 is 24.4 Å². The first-order valence-electron chi connectivity index (χ1n) is 9.35. The van der Waals surface area contributed by atoms with E-state index in [0.717, 1.165) is 0 Å². The number of fused-ring (bicyclic) bond motifs is 3. The maximum absolute atomic E-state index is 12.4. The van der Waals surface area contributed by atoms with Crippen LogP contribution in [0.3, 0.4) is 0 Å². The lowest BCUT2D eigenvalue weighted by molar-refractivity contribution is -0.252. The molecule has 7 atom stereocenters. The first-order valence-corrected chi connectivity index (χ1v) is 9.35. The van der Waals surface area contributed by atoms with Crippen molar-refractivity contribution in [2.24, 2.45) is 11.8 Å². The van der Waals surface area contributed by atoms with Gasteiger partial charge in [0, 0.05) is 29.9 Å². The predicted octanol–water partition coefficient (Wildman–Crippen LogP) is 1.62. The number of aliphatic hydroxyl groups is 2. The molecule has 27 heavy (non-hydrogen) atoms. The van der Waals surface area contributed by atoms with Gasteiger partial charge in [0.25, 0.3) is 0 Å². The predicted molar refractivity (Wildman–Crippen MR) is 95.3 cm³/mol. The number of hydrogen-bond donors (Lipinski definition) is 2. The van der Waals surface area contributed by atoms with Gasteiger partial charge in [-0.1, -0.05) is 19.6 Å². The van der Waals surface area contributed by atoms with Crippen LogP contribution in [0.5, 0.6) is 0 Å². The fourth-order valence-corrected chi connectivity index (χ4v) is 4.31. The van der Waals surface area contributed by atoms with Crippen LogP contribution in [0.4, 0.5) is 0 Å². The summed E-state index contributed by atoms with van der Waals surface area (Å²) in [6, 6.07) is 0. The minimum absolute atomic E-state index is 0.0471. The first-order chi connectivity index (χ1) is 12.5. The van der Waals surface area contributed by atoms with Crippen LogP contribution in [0.25, 0.3) is 0 Å². The zero-order valence-corrected chi connectivity index (χ0v) is 16.2.